The average Bonchev–Trinajstić information content (AvgIpc) is 2.49. The van der Waals surface area contributed by atoms with Crippen LogP contribution in [-0.4, -0.2) is 12.2 Å². The van der Waals surface area contributed by atoms with Crippen LogP contribution in [0.1, 0.15) is 5.56 Å². The summed E-state index contributed by atoms with van der Waals surface area (Å²) in [6.45, 7) is 0. The van der Waals surface area contributed by atoms with Gasteiger partial charge in [-0.15, -0.1) is 11.8 Å². The number of thioether (sulfide) groups is 1. The van der Waals surface area contributed by atoms with E-state index >= 15 is 0 Å². The van der Waals surface area contributed by atoms with Gasteiger partial charge in [-0.1, -0.05) is 23.7 Å². The maximum atomic E-state index is 13.5. The lowest BCUT2D eigenvalue weighted by Gasteiger charge is -2.04. The number of halogens is 2. The van der Waals surface area contributed by atoms with Gasteiger partial charge in [0.05, 0.1) is 5.69 Å². The Labute approximate surface area is 132 Å². The minimum atomic E-state index is -0.523. The van der Waals surface area contributed by atoms with Gasteiger partial charge in [-0.25, -0.2) is 4.39 Å². The average molecular weight is 322 g/mol. The summed E-state index contributed by atoms with van der Waals surface area (Å²) in [5.41, 5.74) is 0.962. The van der Waals surface area contributed by atoms with Gasteiger partial charge >= 0.3 is 0 Å². The van der Waals surface area contributed by atoms with Gasteiger partial charge in [0.2, 0.25) is 5.91 Å². The Morgan fingerprint density at radius 1 is 1.24 bits per heavy atom. The van der Waals surface area contributed by atoms with Crippen LogP contribution in [0.3, 0.4) is 0 Å². The predicted octanol–water partition coefficient (Wildman–Crippen LogP) is 4.85. The molecule has 5 heteroatoms. The molecule has 2 nitrogen and oxygen atoms in total. The van der Waals surface area contributed by atoms with Crippen molar-refractivity contribution in [3.05, 3.63) is 64.9 Å². The fourth-order valence-corrected chi connectivity index (χ4v) is 2.23. The van der Waals surface area contributed by atoms with Gasteiger partial charge in [-0.3, -0.25) is 4.79 Å². The molecule has 0 bridgehead atoms. The van der Waals surface area contributed by atoms with E-state index in [0.717, 1.165) is 10.5 Å². The van der Waals surface area contributed by atoms with Crippen molar-refractivity contribution in [2.24, 2.45) is 0 Å². The second kappa shape index (κ2) is 7.29. The number of carbonyl (C=O) groups excluding carboxylic acids is 1. The van der Waals surface area contributed by atoms with E-state index in [2.05, 4.69) is 5.32 Å². The van der Waals surface area contributed by atoms with Crippen LogP contribution < -0.4 is 5.32 Å². The van der Waals surface area contributed by atoms with Gasteiger partial charge in [0.15, 0.2) is 0 Å². The summed E-state index contributed by atoms with van der Waals surface area (Å²) in [5.74, 6) is -0.935. The number of hydrogen-bond acceptors (Lipinski definition) is 2. The second-order valence-corrected chi connectivity index (χ2v) is 5.54. The molecule has 0 unspecified atom stereocenters. The van der Waals surface area contributed by atoms with Gasteiger partial charge in [0, 0.05) is 16.0 Å². The first-order valence-corrected chi connectivity index (χ1v) is 7.77. The summed E-state index contributed by atoms with van der Waals surface area (Å²) < 4.78 is 13.5. The van der Waals surface area contributed by atoms with E-state index < -0.39 is 11.7 Å². The lowest BCUT2D eigenvalue weighted by Crippen LogP contribution is -2.09. The minimum Gasteiger partial charge on any atom is -0.320 e. The first-order chi connectivity index (χ1) is 10.1. The summed E-state index contributed by atoms with van der Waals surface area (Å²) in [6, 6.07) is 11.8. The molecule has 2 rings (SSSR count). The molecule has 0 radical (unpaired) electrons. The van der Waals surface area contributed by atoms with Gasteiger partial charge in [0.1, 0.15) is 5.82 Å². The molecular weight excluding hydrogens is 309 g/mol. The molecule has 108 valence electrons. The van der Waals surface area contributed by atoms with Crippen LogP contribution in [0, 0.1) is 5.82 Å². The van der Waals surface area contributed by atoms with Crippen LogP contribution >= 0.6 is 23.4 Å². The fourth-order valence-electron chi connectivity index (χ4n) is 1.65. The Hall–Kier alpha value is -1.78. The first-order valence-electron chi connectivity index (χ1n) is 6.16. The third kappa shape index (κ3) is 4.62. The quantitative estimate of drug-likeness (QED) is 0.644. The highest BCUT2D eigenvalue weighted by Crippen LogP contribution is 2.19. The molecule has 1 amide bonds. The Morgan fingerprint density at radius 2 is 1.95 bits per heavy atom. The number of nitrogens with one attached hydrogen (secondary N) is 1. The molecule has 0 aliphatic heterocycles. The minimum absolute atomic E-state index is 0.0647. The van der Waals surface area contributed by atoms with Crippen molar-refractivity contribution in [1.82, 2.24) is 0 Å². The van der Waals surface area contributed by atoms with Gasteiger partial charge in [-0.2, -0.15) is 0 Å². The lowest BCUT2D eigenvalue weighted by molar-refractivity contribution is -0.111. The van der Waals surface area contributed by atoms with Crippen molar-refractivity contribution in [3.63, 3.8) is 0 Å². The van der Waals surface area contributed by atoms with Crippen molar-refractivity contribution in [3.8, 4) is 0 Å². The molecule has 0 heterocycles. The Kier molecular flexibility index (Phi) is 5.42. The molecule has 21 heavy (non-hydrogen) atoms. The molecule has 2 aromatic carbocycles. The highest BCUT2D eigenvalue weighted by atomic mass is 35.5. The molecule has 0 saturated heterocycles. The monoisotopic (exact) mass is 321 g/mol. The van der Waals surface area contributed by atoms with Crippen molar-refractivity contribution in [1.29, 1.82) is 0 Å². The zero-order valence-corrected chi connectivity index (χ0v) is 12.8. The molecule has 0 saturated carbocycles. The van der Waals surface area contributed by atoms with Crippen molar-refractivity contribution >= 4 is 41.0 Å². The fraction of sp³-hybridized carbons (Fsp3) is 0.0625. The smallest absolute Gasteiger partial charge is 0.248 e. The first kappa shape index (κ1) is 15.6. The highest BCUT2D eigenvalue weighted by molar-refractivity contribution is 7.98. The van der Waals surface area contributed by atoms with E-state index in [1.54, 1.807) is 17.8 Å². The number of rotatable bonds is 4. The molecule has 2 aromatic rings. The second-order valence-electron chi connectivity index (χ2n) is 4.22. The van der Waals surface area contributed by atoms with Crippen molar-refractivity contribution in [2.45, 2.75) is 4.90 Å². The summed E-state index contributed by atoms with van der Waals surface area (Å²) in [4.78, 5) is 12.9. The summed E-state index contributed by atoms with van der Waals surface area (Å²) in [6.07, 6.45) is 5.02. The Bertz CT molecular complexity index is 670. The molecule has 0 aliphatic rings. The van der Waals surface area contributed by atoms with E-state index in [-0.39, 0.29) is 5.69 Å². The van der Waals surface area contributed by atoms with E-state index in [1.165, 1.54) is 24.3 Å². The van der Waals surface area contributed by atoms with Crippen LogP contribution in [0.5, 0.6) is 0 Å². The zero-order valence-electron chi connectivity index (χ0n) is 11.3. The SMILES string of the molecule is CSc1ccc(/C=C/C(=O)Nc2cc(Cl)ccc2F)cc1. The highest BCUT2D eigenvalue weighted by Gasteiger charge is 2.05. The van der Waals surface area contributed by atoms with Gasteiger partial charge in [-0.05, 0) is 48.2 Å². The maximum absolute atomic E-state index is 13.5. The summed E-state index contributed by atoms with van der Waals surface area (Å²) in [5, 5.41) is 2.82. The number of hydrogen-bond donors (Lipinski definition) is 1. The summed E-state index contributed by atoms with van der Waals surface area (Å²) >= 11 is 7.41. The Morgan fingerprint density at radius 3 is 2.62 bits per heavy atom. The van der Waals surface area contributed by atoms with E-state index in [4.69, 9.17) is 11.6 Å². The van der Waals surface area contributed by atoms with Crippen LogP contribution in [0.2, 0.25) is 5.02 Å². The third-order valence-electron chi connectivity index (χ3n) is 2.73. The van der Waals surface area contributed by atoms with Crippen LogP contribution in [-0.2, 0) is 4.79 Å². The topological polar surface area (TPSA) is 29.1 Å². The maximum Gasteiger partial charge on any atom is 0.248 e. The third-order valence-corrected chi connectivity index (χ3v) is 3.71. The lowest BCUT2D eigenvalue weighted by atomic mass is 10.2. The zero-order chi connectivity index (χ0) is 15.2. The molecule has 0 aromatic heterocycles. The van der Waals surface area contributed by atoms with E-state index in [9.17, 15) is 9.18 Å². The number of anilines is 1. The molecule has 0 spiro atoms. The van der Waals surface area contributed by atoms with E-state index in [1.807, 2.05) is 30.5 Å². The normalized spacial score (nSPS) is 10.8. The molecular formula is C16H13ClFNOS. The van der Waals surface area contributed by atoms with Gasteiger partial charge in [0.25, 0.3) is 0 Å². The molecule has 0 fully saturated rings. The molecule has 0 aliphatic carbocycles. The van der Waals surface area contributed by atoms with Crippen LogP contribution in [0.15, 0.2) is 53.4 Å². The van der Waals surface area contributed by atoms with Crippen molar-refractivity contribution < 1.29 is 9.18 Å². The van der Waals surface area contributed by atoms with Gasteiger partial charge < -0.3 is 5.32 Å². The summed E-state index contributed by atoms with van der Waals surface area (Å²) in [7, 11) is 0. The number of amides is 1. The Balaban J connectivity index is 2.03. The van der Waals surface area contributed by atoms with E-state index in [0.29, 0.717) is 5.02 Å². The number of benzene rings is 2. The standard InChI is InChI=1S/C16H13ClFNOS/c1-21-13-6-2-11(3-7-13)4-9-16(20)19-15-10-12(17)5-8-14(15)18/h2-10H,1H3,(H,19,20)/b9-4+. The predicted molar refractivity (Wildman–Crippen MR) is 87.3 cm³/mol. The van der Waals surface area contributed by atoms with Crippen LogP contribution in [0.4, 0.5) is 10.1 Å². The number of carbonyl (C=O) groups is 1. The largest absolute Gasteiger partial charge is 0.320 e. The van der Waals surface area contributed by atoms with Crippen molar-refractivity contribution in [2.75, 3.05) is 11.6 Å². The molecule has 0 atom stereocenters. The van der Waals surface area contributed by atoms with Crippen LogP contribution in [0.25, 0.3) is 6.08 Å². The molecule has 1 N–H and O–H groups in total.